The zero-order valence-electron chi connectivity index (χ0n) is 26.4. The first-order valence-electron chi connectivity index (χ1n) is 15.5. The van der Waals surface area contributed by atoms with Gasteiger partial charge in [0, 0.05) is 6.54 Å². The van der Waals surface area contributed by atoms with Gasteiger partial charge in [0.05, 0.1) is 119 Å². The summed E-state index contributed by atoms with van der Waals surface area (Å²) in [5.74, 6) is 0. The predicted octanol–water partition coefficient (Wildman–Crippen LogP) is 3.26. The van der Waals surface area contributed by atoms with E-state index in [1.54, 1.807) is 0 Å². The molecule has 0 atom stereocenters. The zero-order valence-corrected chi connectivity index (χ0v) is 26.4. The van der Waals surface area contributed by atoms with E-state index >= 15 is 0 Å². The lowest BCUT2D eigenvalue weighted by atomic mass is 10.2. The second kappa shape index (κ2) is 30.0. The van der Waals surface area contributed by atoms with Gasteiger partial charge in [-0.3, -0.25) is 0 Å². The number of carbonyl (C=O) groups is 1. The molecule has 2 rings (SSSR count). The van der Waals surface area contributed by atoms with Crippen LogP contribution in [0.5, 0.6) is 0 Å². The number of nitrogens with one attached hydrogen (secondary N) is 1. The van der Waals surface area contributed by atoms with E-state index in [2.05, 4.69) is 5.32 Å². The van der Waals surface area contributed by atoms with Crippen molar-refractivity contribution in [3.05, 3.63) is 71.8 Å². The lowest BCUT2D eigenvalue weighted by molar-refractivity contribution is -0.0253. The number of hydrogen-bond donors (Lipinski definition) is 1. The molecule has 0 aliphatic rings. The fourth-order valence-electron chi connectivity index (χ4n) is 3.52. The third kappa shape index (κ3) is 25.3. The molecule has 0 saturated carbocycles. The Labute approximate surface area is 267 Å². The van der Waals surface area contributed by atoms with Crippen LogP contribution in [0.15, 0.2) is 60.7 Å². The summed E-state index contributed by atoms with van der Waals surface area (Å²) in [6.07, 6.45) is -0.467. The normalized spacial score (nSPS) is 11.1. The van der Waals surface area contributed by atoms with E-state index in [4.69, 9.17) is 47.4 Å². The van der Waals surface area contributed by atoms with Crippen molar-refractivity contribution >= 4 is 6.09 Å². The van der Waals surface area contributed by atoms with Crippen LogP contribution in [-0.2, 0) is 60.6 Å². The molecule has 12 nitrogen and oxygen atoms in total. The number of rotatable bonds is 31. The van der Waals surface area contributed by atoms with E-state index in [-0.39, 0.29) is 6.61 Å². The van der Waals surface area contributed by atoms with Crippen molar-refractivity contribution in [2.24, 2.45) is 0 Å². The van der Waals surface area contributed by atoms with Crippen molar-refractivity contribution in [3.63, 3.8) is 0 Å². The van der Waals surface area contributed by atoms with Gasteiger partial charge >= 0.3 is 6.09 Å². The Bertz CT molecular complexity index is 908. The van der Waals surface area contributed by atoms with Crippen molar-refractivity contribution in [3.8, 4) is 0 Å². The number of alkyl carbamates (subject to hydrolysis) is 1. The standard InChI is InChI=1S/C33H51NO11/c35-33(45-30-32-9-5-2-6-10-32)34-11-12-36-13-14-37-15-16-38-17-18-39-19-20-40-21-22-41-23-24-42-25-26-43-27-28-44-29-31-7-3-1-4-8-31/h1-10H,11-30H2,(H,34,35). The molecule has 12 heteroatoms. The third-order valence-electron chi connectivity index (χ3n) is 5.82. The molecule has 2 aromatic carbocycles. The maximum absolute atomic E-state index is 11.6. The van der Waals surface area contributed by atoms with Crippen molar-refractivity contribution in [1.82, 2.24) is 5.32 Å². The summed E-state index contributed by atoms with van der Waals surface area (Å²) in [7, 11) is 0. The van der Waals surface area contributed by atoms with Gasteiger partial charge in [-0.05, 0) is 11.1 Å². The van der Waals surface area contributed by atoms with Crippen LogP contribution in [0.25, 0.3) is 0 Å². The Balaban J connectivity index is 1.16. The molecule has 0 aliphatic heterocycles. The molecule has 0 spiro atoms. The first-order chi connectivity index (χ1) is 22.3. The van der Waals surface area contributed by atoms with Gasteiger partial charge in [-0.15, -0.1) is 0 Å². The largest absolute Gasteiger partial charge is 0.445 e. The predicted molar refractivity (Wildman–Crippen MR) is 167 cm³/mol. The minimum absolute atomic E-state index is 0.240. The molecular weight excluding hydrogens is 586 g/mol. The average Bonchev–Trinajstić information content (AvgIpc) is 3.07. The maximum atomic E-state index is 11.6. The lowest BCUT2D eigenvalue weighted by Crippen LogP contribution is -2.28. The topological polar surface area (TPSA) is 121 Å². The molecule has 0 bridgehead atoms. The van der Waals surface area contributed by atoms with E-state index in [1.165, 1.54) is 0 Å². The number of benzene rings is 2. The number of amides is 1. The molecule has 254 valence electrons. The highest BCUT2D eigenvalue weighted by Crippen LogP contribution is 2.01. The molecule has 45 heavy (non-hydrogen) atoms. The van der Waals surface area contributed by atoms with Crippen LogP contribution in [0, 0.1) is 0 Å². The van der Waals surface area contributed by atoms with E-state index in [0.717, 1.165) is 11.1 Å². The maximum Gasteiger partial charge on any atom is 0.407 e. The Hall–Kier alpha value is -2.65. The van der Waals surface area contributed by atoms with Crippen LogP contribution in [0.4, 0.5) is 4.79 Å². The number of carbonyl (C=O) groups excluding carboxylic acids is 1. The van der Waals surface area contributed by atoms with E-state index < -0.39 is 6.09 Å². The van der Waals surface area contributed by atoms with Gasteiger partial charge in [-0.25, -0.2) is 4.79 Å². The van der Waals surface area contributed by atoms with Crippen LogP contribution < -0.4 is 5.32 Å². The molecule has 1 N–H and O–H groups in total. The Morgan fingerprint density at radius 2 is 0.711 bits per heavy atom. The molecular formula is C33H51NO11. The molecule has 0 unspecified atom stereocenters. The van der Waals surface area contributed by atoms with E-state index in [9.17, 15) is 4.79 Å². The van der Waals surface area contributed by atoms with Crippen molar-refractivity contribution < 1.29 is 52.2 Å². The van der Waals surface area contributed by atoms with Gasteiger partial charge < -0.3 is 52.7 Å². The van der Waals surface area contributed by atoms with Gasteiger partial charge in [0.15, 0.2) is 0 Å². The molecule has 2 aromatic rings. The van der Waals surface area contributed by atoms with Crippen LogP contribution in [0.2, 0.25) is 0 Å². The highest BCUT2D eigenvalue weighted by Gasteiger charge is 2.02. The zero-order chi connectivity index (χ0) is 31.7. The summed E-state index contributed by atoms with van der Waals surface area (Å²) in [6.45, 7) is 9.61. The fourth-order valence-corrected chi connectivity index (χ4v) is 3.52. The summed E-state index contributed by atoms with van der Waals surface area (Å²) in [6, 6.07) is 19.6. The average molecular weight is 638 g/mol. The summed E-state index contributed by atoms with van der Waals surface area (Å²) < 4.78 is 54.4. The van der Waals surface area contributed by atoms with E-state index in [0.29, 0.717) is 125 Å². The number of ether oxygens (including phenoxy) is 10. The molecule has 1 amide bonds. The van der Waals surface area contributed by atoms with Gasteiger partial charge in [-0.1, -0.05) is 60.7 Å². The van der Waals surface area contributed by atoms with Crippen LogP contribution in [0.3, 0.4) is 0 Å². The SMILES string of the molecule is O=C(NCCOCCOCCOCCOCCOCCOCCOCCOCCOCc1ccccc1)OCc1ccccc1. The second-order valence-corrected chi connectivity index (χ2v) is 9.43. The first kappa shape index (κ1) is 38.5. The highest BCUT2D eigenvalue weighted by molar-refractivity contribution is 5.67. The van der Waals surface area contributed by atoms with Crippen LogP contribution >= 0.6 is 0 Å². The van der Waals surface area contributed by atoms with Crippen molar-refractivity contribution in [2.45, 2.75) is 13.2 Å². The summed E-state index contributed by atoms with van der Waals surface area (Å²) in [5, 5.41) is 2.64. The molecule has 0 heterocycles. The molecule has 0 aliphatic carbocycles. The molecule has 0 aromatic heterocycles. The smallest absolute Gasteiger partial charge is 0.407 e. The summed E-state index contributed by atoms with van der Waals surface area (Å²) >= 11 is 0. The Morgan fingerprint density at radius 3 is 1.09 bits per heavy atom. The number of hydrogen-bond acceptors (Lipinski definition) is 11. The van der Waals surface area contributed by atoms with Gasteiger partial charge in [0.2, 0.25) is 0 Å². The van der Waals surface area contributed by atoms with Gasteiger partial charge in [0.25, 0.3) is 0 Å². The van der Waals surface area contributed by atoms with E-state index in [1.807, 2.05) is 60.7 Å². The third-order valence-corrected chi connectivity index (χ3v) is 5.82. The highest BCUT2D eigenvalue weighted by atomic mass is 16.6. The minimum Gasteiger partial charge on any atom is -0.445 e. The summed E-state index contributed by atoms with van der Waals surface area (Å²) in [5.41, 5.74) is 2.10. The minimum atomic E-state index is -0.467. The Morgan fingerprint density at radius 1 is 0.400 bits per heavy atom. The van der Waals surface area contributed by atoms with Crippen LogP contribution in [-0.4, -0.2) is 125 Å². The van der Waals surface area contributed by atoms with Crippen molar-refractivity contribution in [1.29, 1.82) is 0 Å². The lowest BCUT2D eigenvalue weighted by Gasteiger charge is -2.09. The van der Waals surface area contributed by atoms with Crippen LogP contribution in [0.1, 0.15) is 11.1 Å². The fraction of sp³-hybridized carbons (Fsp3) is 0.606. The Kier molecular flexibility index (Phi) is 25.7. The van der Waals surface area contributed by atoms with Gasteiger partial charge in [0.1, 0.15) is 6.61 Å². The van der Waals surface area contributed by atoms with Crippen molar-refractivity contribution in [2.75, 3.05) is 119 Å². The second-order valence-electron chi connectivity index (χ2n) is 9.43. The first-order valence-corrected chi connectivity index (χ1v) is 15.5. The molecule has 0 fully saturated rings. The summed E-state index contributed by atoms with van der Waals surface area (Å²) in [4.78, 5) is 11.6. The molecule has 0 radical (unpaired) electrons. The van der Waals surface area contributed by atoms with Gasteiger partial charge in [-0.2, -0.15) is 0 Å². The molecule has 0 saturated heterocycles. The monoisotopic (exact) mass is 637 g/mol. The quantitative estimate of drug-likeness (QED) is 0.123.